The van der Waals surface area contributed by atoms with Crippen molar-refractivity contribution in [2.24, 2.45) is 0 Å². The molecule has 0 radical (unpaired) electrons. The van der Waals surface area contributed by atoms with Crippen molar-refractivity contribution in [3.05, 3.63) is 30.1 Å². The SMILES string of the molecule is O=S(=O)([O-])CCNCCc1ccccn1. The summed E-state index contributed by atoms with van der Waals surface area (Å²) < 4.78 is 30.8. The summed E-state index contributed by atoms with van der Waals surface area (Å²) in [4.78, 5) is 4.11. The number of rotatable bonds is 6. The third kappa shape index (κ3) is 6.16. The fourth-order valence-electron chi connectivity index (χ4n) is 1.08. The molecular formula is C9H13N2O3S-. The van der Waals surface area contributed by atoms with E-state index in [0.717, 1.165) is 12.1 Å². The van der Waals surface area contributed by atoms with Gasteiger partial charge in [-0.05, 0) is 12.1 Å². The van der Waals surface area contributed by atoms with E-state index in [1.807, 2.05) is 18.2 Å². The summed E-state index contributed by atoms with van der Waals surface area (Å²) >= 11 is 0. The van der Waals surface area contributed by atoms with Gasteiger partial charge in [0.1, 0.15) is 0 Å². The first-order valence-electron chi connectivity index (χ1n) is 4.62. The molecule has 0 fully saturated rings. The van der Waals surface area contributed by atoms with Crippen molar-refractivity contribution in [3.8, 4) is 0 Å². The molecule has 1 N–H and O–H groups in total. The molecule has 0 spiro atoms. The lowest BCUT2D eigenvalue weighted by molar-refractivity contribution is 0.461. The Hall–Kier alpha value is -0.980. The van der Waals surface area contributed by atoms with Crippen molar-refractivity contribution in [2.45, 2.75) is 6.42 Å². The quantitative estimate of drug-likeness (QED) is 0.537. The van der Waals surface area contributed by atoms with Crippen LogP contribution in [0.1, 0.15) is 5.69 Å². The van der Waals surface area contributed by atoms with Gasteiger partial charge >= 0.3 is 0 Å². The molecule has 1 heterocycles. The second-order valence-corrected chi connectivity index (χ2v) is 4.61. The molecule has 0 aliphatic heterocycles. The molecule has 15 heavy (non-hydrogen) atoms. The minimum absolute atomic E-state index is 0.193. The predicted molar refractivity (Wildman–Crippen MR) is 55.4 cm³/mol. The summed E-state index contributed by atoms with van der Waals surface area (Å²) in [6.07, 6.45) is 2.43. The lowest BCUT2D eigenvalue weighted by atomic mass is 10.3. The number of hydrogen-bond donors (Lipinski definition) is 1. The first kappa shape index (κ1) is 12.1. The Morgan fingerprint density at radius 2 is 2.13 bits per heavy atom. The van der Waals surface area contributed by atoms with Crippen molar-refractivity contribution in [1.82, 2.24) is 10.3 Å². The van der Waals surface area contributed by atoms with Crippen LogP contribution >= 0.6 is 0 Å². The standard InChI is InChI=1S/C9H14N2O3S/c12-15(13,14)8-7-10-6-4-9-3-1-2-5-11-9/h1-3,5,10H,4,6-8H2,(H,12,13,14)/p-1. The molecule has 0 amide bonds. The Morgan fingerprint density at radius 3 is 2.73 bits per heavy atom. The zero-order valence-corrected chi connectivity index (χ0v) is 9.03. The number of nitrogens with one attached hydrogen (secondary N) is 1. The molecule has 1 rings (SSSR count). The maximum atomic E-state index is 10.3. The summed E-state index contributed by atoms with van der Waals surface area (Å²) in [5.74, 6) is -0.366. The maximum absolute atomic E-state index is 10.3. The van der Waals surface area contributed by atoms with E-state index in [4.69, 9.17) is 0 Å². The maximum Gasteiger partial charge on any atom is 0.0958 e. The molecule has 1 aromatic heterocycles. The topological polar surface area (TPSA) is 82.1 Å². The molecule has 6 heteroatoms. The molecule has 5 nitrogen and oxygen atoms in total. The summed E-state index contributed by atoms with van der Waals surface area (Å²) in [5.41, 5.74) is 0.940. The van der Waals surface area contributed by atoms with Crippen LogP contribution in [0.15, 0.2) is 24.4 Å². The first-order chi connectivity index (χ1) is 7.08. The lowest BCUT2D eigenvalue weighted by Gasteiger charge is -2.07. The van der Waals surface area contributed by atoms with Gasteiger partial charge in [0.25, 0.3) is 0 Å². The van der Waals surface area contributed by atoms with Gasteiger partial charge in [0, 0.05) is 31.4 Å². The fraction of sp³-hybridized carbons (Fsp3) is 0.444. The average molecular weight is 229 g/mol. The second kappa shape index (κ2) is 5.79. The second-order valence-electron chi connectivity index (χ2n) is 3.08. The highest BCUT2D eigenvalue weighted by molar-refractivity contribution is 7.85. The minimum atomic E-state index is -4.10. The van der Waals surface area contributed by atoms with Crippen molar-refractivity contribution in [3.63, 3.8) is 0 Å². The minimum Gasteiger partial charge on any atom is -0.748 e. The number of nitrogens with zero attached hydrogens (tertiary/aromatic N) is 1. The molecule has 0 bridgehead atoms. The van der Waals surface area contributed by atoms with Crippen LogP contribution in [0.4, 0.5) is 0 Å². The third-order valence-electron chi connectivity index (χ3n) is 1.81. The third-order valence-corrected chi connectivity index (χ3v) is 2.52. The molecule has 0 saturated carbocycles. The van der Waals surface area contributed by atoms with Crippen LogP contribution in [0.5, 0.6) is 0 Å². The van der Waals surface area contributed by atoms with Crippen LogP contribution in [-0.4, -0.2) is 36.8 Å². The van der Waals surface area contributed by atoms with Crippen molar-refractivity contribution >= 4 is 10.1 Å². The Bertz CT molecular complexity index is 378. The molecule has 0 atom stereocenters. The number of aromatic nitrogens is 1. The summed E-state index contributed by atoms with van der Waals surface area (Å²) in [5, 5.41) is 2.87. The van der Waals surface area contributed by atoms with Crippen LogP contribution in [0, 0.1) is 0 Å². The molecule has 84 valence electrons. The largest absolute Gasteiger partial charge is 0.748 e. The van der Waals surface area contributed by atoms with Gasteiger partial charge in [-0.1, -0.05) is 6.07 Å². The van der Waals surface area contributed by atoms with E-state index in [9.17, 15) is 13.0 Å². The summed E-state index contributed by atoms with van der Waals surface area (Å²) in [6, 6.07) is 5.62. The van der Waals surface area contributed by atoms with E-state index < -0.39 is 10.1 Å². The predicted octanol–water partition coefficient (Wildman–Crippen LogP) is -0.241. The molecular weight excluding hydrogens is 216 g/mol. The molecule has 0 saturated heterocycles. The highest BCUT2D eigenvalue weighted by Gasteiger charge is 1.95. The molecule has 0 aliphatic rings. The van der Waals surface area contributed by atoms with Gasteiger partial charge in [0.2, 0.25) is 0 Å². The monoisotopic (exact) mass is 229 g/mol. The smallest absolute Gasteiger partial charge is 0.0958 e. The van der Waals surface area contributed by atoms with E-state index in [2.05, 4.69) is 10.3 Å². The highest BCUT2D eigenvalue weighted by atomic mass is 32.2. The van der Waals surface area contributed by atoms with Crippen LogP contribution < -0.4 is 5.32 Å². The normalized spacial score (nSPS) is 11.5. The molecule has 0 aliphatic carbocycles. The van der Waals surface area contributed by atoms with E-state index in [-0.39, 0.29) is 12.3 Å². The zero-order chi connectivity index (χ0) is 11.1. The first-order valence-corrected chi connectivity index (χ1v) is 6.20. The van der Waals surface area contributed by atoms with Gasteiger partial charge in [-0.3, -0.25) is 4.98 Å². The van der Waals surface area contributed by atoms with Crippen LogP contribution in [0.25, 0.3) is 0 Å². The van der Waals surface area contributed by atoms with Gasteiger partial charge in [-0.25, -0.2) is 8.42 Å². The summed E-state index contributed by atoms with van der Waals surface area (Å²) in [6.45, 7) is 0.811. The van der Waals surface area contributed by atoms with Gasteiger partial charge in [-0.2, -0.15) is 0 Å². The van der Waals surface area contributed by atoms with E-state index >= 15 is 0 Å². The molecule has 0 unspecified atom stereocenters. The van der Waals surface area contributed by atoms with Gasteiger partial charge in [-0.15, -0.1) is 0 Å². The van der Waals surface area contributed by atoms with E-state index in [1.165, 1.54) is 0 Å². The van der Waals surface area contributed by atoms with Crippen molar-refractivity contribution in [2.75, 3.05) is 18.8 Å². The summed E-state index contributed by atoms with van der Waals surface area (Å²) in [7, 11) is -4.10. The Kier molecular flexibility index (Phi) is 4.67. The molecule has 1 aromatic rings. The highest BCUT2D eigenvalue weighted by Crippen LogP contribution is 1.92. The number of pyridine rings is 1. The average Bonchev–Trinajstić information content (AvgIpc) is 2.17. The van der Waals surface area contributed by atoms with Crippen molar-refractivity contribution < 1.29 is 13.0 Å². The van der Waals surface area contributed by atoms with Crippen LogP contribution in [0.3, 0.4) is 0 Å². The van der Waals surface area contributed by atoms with Gasteiger partial charge in [0.05, 0.1) is 15.9 Å². The Labute approximate surface area is 89.3 Å². The van der Waals surface area contributed by atoms with Crippen molar-refractivity contribution in [1.29, 1.82) is 0 Å². The van der Waals surface area contributed by atoms with Crippen LogP contribution in [0.2, 0.25) is 0 Å². The molecule has 0 aromatic carbocycles. The number of hydrogen-bond acceptors (Lipinski definition) is 5. The van der Waals surface area contributed by atoms with E-state index in [0.29, 0.717) is 6.54 Å². The zero-order valence-electron chi connectivity index (χ0n) is 8.22. The fourth-order valence-corrected chi connectivity index (χ4v) is 1.48. The van der Waals surface area contributed by atoms with Crippen LogP contribution in [-0.2, 0) is 16.5 Å². The lowest BCUT2D eigenvalue weighted by Crippen LogP contribution is -2.24. The Morgan fingerprint density at radius 1 is 1.33 bits per heavy atom. The van der Waals surface area contributed by atoms with Gasteiger partial charge in [0.15, 0.2) is 0 Å². The van der Waals surface area contributed by atoms with Gasteiger partial charge < -0.3 is 9.87 Å². The Balaban J connectivity index is 2.13. The van der Waals surface area contributed by atoms with E-state index in [1.54, 1.807) is 6.20 Å².